The summed E-state index contributed by atoms with van der Waals surface area (Å²) in [6.45, 7) is 4.65. The minimum Gasteiger partial charge on any atom is -0.468 e. The van der Waals surface area contributed by atoms with Crippen LogP contribution in [0.25, 0.3) is 0 Å². The molecule has 0 radical (unpaired) electrons. The molecule has 0 saturated heterocycles. The molecule has 5 heteroatoms. The molecule has 1 heterocycles. The standard InChI is InChI=1S/C13H22N2O3/c1-5-17-10(2)13(16)14-9-11(15(3)4)12-7-6-8-18-12/h6-8,10-11H,5,9H2,1-4H3,(H,14,16)/t10-,11+/m1/s1. The number of rotatable bonds is 7. The van der Waals surface area contributed by atoms with E-state index < -0.39 is 6.10 Å². The Balaban J connectivity index is 2.51. The third kappa shape index (κ3) is 4.16. The van der Waals surface area contributed by atoms with Crippen molar-refractivity contribution in [2.75, 3.05) is 27.2 Å². The van der Waals surface area contributed by atoms with Gasteiger partial charge in [-0.15, -0.1) is 0 Å². The molecular formula is C13H22N2O3. The summed E-state index contributed by atoms with van der Waals surface area (Å²) >= 11 is 0. The first-order valence-corrected chi connectivity index (χ1v) is 6.15. The molecule has 1 rings (SSSR count). The predicted molar refractivity (Wildman–Crippen MR) is 69.2 cm³/mol. The Hall–Kier alpha value is -1.33. The van der Waals surface area contributed by atoms with Gasteiger partial charge in [-0.25, -0.2) is 0 Å². The summed E-state index contributed by atoms with van der Waals surface area (Å²) in [7, 11) is 3.90. The van der Waals surface area contributed by atoms with Crippen LogP contribution in [0.4, 0.5) is 0 Å². The predicted octanol–water partition coefficient (Wildman–Crippen LogP) is 1.42. The molecule has 1 amide bonds. The van der Waals surface area contributed by atoms with Crippen molar-refractivity contribution in [1.29, 1.82) is 0 Å². The summed E-state index contributed by atoms with van der Waals surface area (Å²) in [6, 6.07) is 3.77. The molecule has 0 fully saturated rings. The number of nitrogens with one attached hydrogen (secondary N) is 1. The lowest BCUT2D eigenvalue weighted by Crippen LogP contribution is -2.39. The highest BCUT2D eigenvalue weighted by Crippen LogP contribution is 2.17. The van der Waals surface area contributed by atoms with E-state index in [0.29, 0.717) is 13.2 Å². The van der Waals surface area contributed by atoms with E-state index in [-0.39, 0.29) is 11.9 Å². The van der Waals surface area contributed by atoms with Crippen LogP contribution in [0, 0.1) is 0 Å². The molecule has 1 aromatic rings. The van der Waals surface area contributed by atoms with Gasteiger partial charge in [0.15, 0.2) is 0 Å². The zero-order valence-electron chi connectivity index (χ0n) is 11.5. The Morgan fingerprint density at radius 2 is 2.28 bits per heavy atom. The van der Waals surface area contributed by atoms with Crippen molar-refractivity contribution >= 4 is 5.91 Å². The zero-order valence-corrected chi connectivity index (χ0v) is 11.5. The molecule has 1 N–H and O–H groups in total. The van der Waals surface area contributed by atoms with Gasteiger partial charge in [0.1, 0.15) is 11.9 Å². The molecule has 18 heavy (non-hydrogen) atoms. The van der Waals surface area contributed by atoms with E-state index in [9.17, 15) is 4.79 Å². The Morgan fingerprint density at radius 1 is 1.56 bits per heavy atom. The highest BCUT2D eigenvalue weighted by molar-refractivity contribution is 5.80. The number of likely N-dealkylation sites (N-methyl/N-ethyl adjacent to an activating group) is 1. The van der Waals surface area contributed by atoms with E-state index >= 15 is 0 Å². The van der Waals surface area contributed by atoms with Crippen LogP contribution in [0.5, 0.6) is 0 Å². The lowest BCUT2D eigenvalue weighted by Gasteiger charge is -2.23. The molecule has 1 aromatic heterocycles. The number of nitrogens with zero attached hydrogens (tertiary/aromatic N) is 1. The van der Waals surface area contributed by atoms with Gasteiger partial charge in [0.25, 0.3) is 0 Å². The lowest BCUT2D eigenvalue weighted by molar-refractivity contribution is -0.131. The van der Waals surface area contributed by atoms with Gasteiger partial charge in [-0.2, -0.15) is 0 Å². The number of hydrogen-bond acceptors (Lipinski definition) is 4. The number of furan rings is 1. The molecule has 2 atom stereocenters. The van der Waals surface area contributed by atoms with Gasteiger partial charge in [0.2, 0.25) is 5.91 Å². The largest absolute Gasteiger partial charge is 0.468 e. The summed E-state index contributed by atoms with van der Waals surface area (Å²) in [5.74, 6) is 0.736. The van der Waals surface area contributed by atoms with Gasteiger partial charge in [-0.05, 0) is 40.1 Å². The van der Waals surface area contributed by atoms with Crippen molar-refractivity contribution in [2.45, 2.75) is 26.0 Å². The summed E-state index contributed by atoms with van der Waals surface area (Å²) in [4.78, 5) is 13.7. The molecule has 0 spiro atoms. The second-order valence-electron chi connectivity index (χ2n) is 4.34. The van der Waals surface area contributed by atoms with Crippen LogP contribution < -0.4 is 5.32 Å². The maximum Gasteiger partial charge on any atom is 0.248 e. The van der Waals surface area contributed by atoms with Crippen molar-refractivity contribution in [3.05, 3.63) is 24.2 Å². The van der Waals surface area contributed by atoms with Crippen molar-refractivity contribution in [3.63, 3.8) is 0 Å². The first-order chi connectivity index (χ1) is 8.56. The molecule has 5 nitrogen and oxygen atoms in total. The van der Waals surface area contributed by atoms with Crippen molar-refractivity contribution in [3.8, 4) is 0 Å². The van der Waals surface area contributed by atoms with Gasteiger partial charge < -0.3 is 14.5 Å². The highest BCUT2D eigenvalue weighted by atomic mass is 16.5. The van der Waals surface area contributed by atoms with Crippen LogP contribution in [0.2, 0.25) is 0 Å². The van der Waals surface area contributed by atoms with E-state index in [4.69, 9.17) is 9.15 Å². The molecular weight excluding hydrogens is 232 g/mol. The van der Waals surface area contributed by atoms with Crippen molar-refractivity contribution in [1.82, 2.24) is 10.2 Å². The summed E-state index contributed by atoms with van der Waals surface area (Å²) in [5, 5.41) is 2.87. The van der Waals surface area contributed by atoms with Crippen molar-refractivity contribution < 1.29 is 13.9 Å². The van der Waals surface area contributed by atoms with E-state index in [2.05, 4.69) is 5.32 Å². The van der Waals surface area contributed by atoms with Crippen molar-refractivity contribution in [2.24, 2.45) is 0 Å². The van der Waals surface area contributed by atoms with Gasteiger partial charge >= 0.3 is 0 Å². The number of ether oxygens (including phenoxy) is 1. The number of amides is 1. The molecule has 102 valence electrons. The third-order valence-corrected chi connectivity index (χ3v) is 2.75. The van der Waals surface area contributed by atoms with Crippen LogP contribution in [0.1, 0.15) is 25.6 Å². The van der Waals surface area contributed by atoms with Gasteiger partial charge in [-0.1, -0.05) is 0 Å². The third-order valence-electron chi connectivity index (χ3n) is 2.75. The Bertz CT molecular complexity index is 349. The van der Waals surface area contributed by atoms with E-state index in [0.717, 1.165) is 5.76 Å². The normalized spacial score (nSPS) is 14.5. The summed E-state index contributed by atoms with van der Waals surface area (Å²) < 4.78 is 10.6. The molecule has 0 aromatic carbocycles. The second-order valence-corrected chi connectivity index (χ2v) is 4.34. The summed E-state index contributed by atoms with van der Waals surface area (Å²) in [6.07, 6.45) is 1.21. The van der Waals surface area contributed by atoms with Crippen LogP contribution in [-0.2, 0) is 9.53 Å². The van der Waals surface area contributed by atoms with E-state index in [1.54, 1.807) is 13.2 Å². The maximum absolute atomic E-state index is 11.7. The molecule has 0 aliphatic rings. The Labute approximate surface area is 108 Å². The van der Waals surface area contributed by atoms with Gasteiger partial charge in [0, 0.05) is 13.2 Å². The van der Waals surface area contributed by atoms with Crippen LogP contribution in [0.3, 0.4) is 0 Å². The minimum absolute atomic E-state index is 0.0257. The summed E-state index contributed by atoms with van der Waals surface area (Å²) in [5.41, 5.74) is 0. The lowest BCUT2D eigenvalue weighted by atomic mass is 10.2. The average molecular weight is 254 g/mol. The topological polar surface area (TPSA) is 54.7 Å². The van der Waals surface area contributed by atoms with Crippen LogP contribution in [-0.4, -0.2) is 44.2 Å². The first kappa shape index (κ1) is 14.7. The highest BCUT2D eigenvalue weighted by Gasteiger charge is 2.19. The number of hydrogen-bond donors (Lipinski definition) is 1. The van der Waals surface area contributed by atoms with E-state index in [1.165, 1.54) is 0 Å². The smallest absolute Gasteiger partial charge is 0.248 e. The monoisotopic (exact) mass is 254 g/mol. The second kappa shape index (κ2) is 7.18. The first-order valence-electron chi connectivity index (χ1n) is 6.15. The fourth-order valence-electron chi connectivity index (χ4n) is 1.69. The Morgan fingerprint density at radius 3 is 2.78 bits per heavy atom. The van der Waals surface area contributed by atoms with E-state index in [1.807, 2.05) is 38.1 Å². The van der Waals surface area contributed by atoms with Gasteiger partial charge in [-0.3, -0.25) is 9.69 Å². The SMILES string of the molecule is CCO[C@H](C)C(=O)NC[C@@H](c1ccco1)N(C)C. The fraction of sp³-hybridized carbons (Fsp3) is 0.615. The number of carbonyl (C=O) groups excluding carboxylic acids is 1. The van der Waals surface area contributed by atoms with Crippen LogP contribution >= 0.6 is 0 Å². The fourth-order valence-corrected chi connectivity index (χ4v) is 1.69. The molecule has 0 aliphatic carbocycles. The minimum atomic E-state index is -0.422. The molecule has 0 aliphatic heterocycles. The van der Waals surface area contributed by atoms with Crippen LogP contribution in [0.15, 0.2) is 22.8 Å². The molecule has 0 bridgehead atoms. The Kier molecular flexibility index (Phi) is 5.88. The zero-order chi connectivity index (χ0) is 13.5. The average Bonchev–Trinajstić information content (AvgIpc) is 2.82. The quantitative estimate of drug-likeness (QED) is 0.799. The maximum atomic E-state index is 11.7. The van der Waals surface area contributed by atoms with Gasteiger partial charge in [0.05, 0.1) is 12.3 Å². The molecule has 0 unspecified atom stereocenters. The molecule has 0 saturated carbocycles. The number of carbonyl (C=O) groups is 1.